The van der Waals surface area contributed by atoms with E-state index in [1.54, 1.807) is 57.2 Å². The Hall–Kier alpha value is -3.47. The second-order valence-electron chi connectivity index (χ2n) is 12.3. The normalized spacial score (nSPS) is 19.3. The number of nitrogens with zero attached hydrogens (tertiary/aromatic N) is 1. The van der Waals surface area contributed by atoms with E-state index in [2.05, 4.69) is 15.6 Å². The van der Waals surface area contributed by atoms with Crippen LogP contribution >= 0.6 is 34.8 Å². The van der Waals surface area contributed by atoms with Crippen molar-refractivity contribution in [3.8, 4) is 0 Å². The van der Waals surface area contributed by atoms with Crippen LogP contribution < -0.4 is 16.4 Å². The summed E-state index contributed by atoms with van der Waals surface area (Å²) in [6, 6.07) is 10.0. The third-order valence-corrected chi connectivity index (χ3v) is 10.1. The molecular formula is C33H40Cl3N5O5. The van der Waals surface area contributed by atoms with Gasteiger partial charge in [0, 0.05) is 40.4 Å². The van der Waals surface area contributed by atoms with Crippen molar-refractivity contribution in [2.24, 2.45) is 17.6 Å². The molecular weight excluding hydrogens is 653 g/mol. The van der Waals surface area contributed by atoms with Crippen LogP contribution in [0.5, 0.6) is 0 Å². The van der Waals surface area contributed by atoms with Crippen molar-refractivity contribution < 1.29 is 24.3 Å². The Morgan fingerprint density at radius 3 is 2.37 bits per heavy atom. The van der Waals surface area contributed by atoms with Gasteiger partial charge in [-0.2, -0.15) is 0 Å². The minimum Gasteiger partial charge on any atom is -0.465 e. The number of benzene rings is 2. The number of hydrogen-bond donors (Lipinski definition) is 5. The van der Waals surface area contributed by atoms with Gasteiger partial charge in [0.05, 0.1) is 10.5 Å². The van der Waals surface area contributed by atoms with Gasteiger partial charge in [0.1, 0.15) is 17.6 Å². The van der Waals surface area contributed by atoms with Gasteiger partial charge in [-0.3, -0.25) is 19.3 Å². The highest BCUT2D eigenvalue weighted by molar-refractivity contribution is 6.38. The molecule has 2 aromatic carbocycles. The first kappa shape index (κ1) is 35.4. The van der Waals surface area contributed by atoms with Gasteiger partial charge in [-0.1, -0.05) is 80.7 Å². The third kappa shape index (κ3) is 7.40. The van der Waals surface area contributed by atoms with Gasteiger partial charge in [-0.05, 0) is 48.9 Å². The fourth-order valence-corrected chi connectivity index (χ4v) is 6.81. The number of aryl methyl sites for hydroxylation is 1. The highest BCUT2D eigenvalue weighted by Gasteiger charge is 2.48. The predicted octanol–water partition coefficient (Wildman–Crippen LogP) is 5.65. The Balaban J connectivity index is 1.81. The van der Waals surface area contributed by atoms with Crippen LogP contribution in [0.2, 0.25) is 10.0 Å². The van der Waals surface area contributed by atoms with E-state index in [0.717, 1.165) is 16.2 Å². The summed E-state index contributed by atoms with van der Waals surface area (Å²) in [5, 5.41) is 17.0. The molecule has 6 atom stereocenters. The Morgan fingerprint density at radius 2 is 1.78 bits per heavy atom. The molecule has 1 aliphatic carbocycles. The first-order valence-electron chi connectivity index (χ1n) is 15.3. The molecule has 0 saturated carbocycles. The van der Waals surface area contributed by atoms with Gasteiger partial charge >= 0.3 is 6.09 Å². The maximum absolute atomic E-state index is 14.4. The van der Waals surface area contributed by atoms with Crippen LogP contribution in [0.4, 0.5) is 4.79 Å². The minimum atomic E-state index is -1.58. The van der Waals surface area contributed by atoms with Crippen molar-refractivity contribution in [1.29, 1.82) is 0 Å². The molecule has 0 aliphatic heterocycles. The third-order valence-electron chi connectivity index (χ3n) is 9.17. The molecule has 0 saturated heterocycles. The lowest BCUT2D eigenvalue weighted by Crippen LogP contribution is -2.67. The van der Waals surface area contributed by atoms with Crippen LogP contribution in [0.1, 0.15) is 57.4 Å². The van der Waals surface area contributed by atoms with Gasteiger partial charge in [-0.15, -0.1) is 11.6 Å². The zero-order chi connectivity index (χ0) is 33.9. The van der Waals surface area contributed by atoms with Crippen molar-refractivity contribution in [3.05, 3.63) is 69.3 Å². The number of aromatic nitrogens is 1. The summed E-state index contributed by atoms with van der Waals surface area (Å²) < 4.78 is 0. The van der Waals surface area contributed by atoms with Gasteiger partial charge < -0.3 is 26.5 Å². The summed E-state index contributed by atoms with van der Waals surface area (Å²) in [5.74, 6) is -2.92. The number of halogens is 3. The number of hydrogen-bond acceptors (Lipinski definition) is 4. The molecule has 0 bridgehead atoms. The fourth-order valence-electron chi connectivity index (χ4n) is 6.13. The Morgan fingerprint density at radius 1 is 1.11 bits per heavy atom. The predicted molar refractivity (Wildman–Crippen MR) is 180 cm³/mol. The number of H-pyrrole nitrogens is 1. The van der Waals surface area contributed by atoms with Gasteiger partial charge in [0.25, 0.3) is 0 Å². The molecule has 4 amide bonds. The van der Waals surface area contributed by atoms with E-state index in [9.17, 15) is 24.3 Å². The summed E-state index contributed by atoms with van der Waals surface area (Å²) in [6.07, 6.45) is -0.243. The van der Waals surface area contributed by atoms with Crippen LogP contribution in [-0.4, -0.2) is 61.8 Å². The zero-order valence-corrected chi connectivity index (χ0v) is 28.5. The fraction of sp³-hybridized carbons (Fsp3) is 0.455. The number of carbonyl (C=O) groups excluding carboxylic acids is 3. The minimum absolute atomic E-state index is 0.0197. The molecule has 6 N–H and O–H groups in total. The van der Waals surface area contributed by atoms with E-state index in [1.165, 1.54) is 0 Å². The van der Waals surface area contributed by atoms with Crippen molar-refractivity contribution in [1.82, 2.24) is 20.5 Å². The molecule has 0 radical (unpaired) electrons. The van der Waals surface area contributed by atoms with E-state index < -0.39 is 52.7 Å². The molecule has 13 heteroatoms. The lowest BCUT2D eigenvalue weighted by molar-refractivity contribution is -0.139. The van der Waals surface area contributed by atoms with E-state index in [0.29, 0.717) is 39.4 Å². The smallest absolute Gasteiger partial charge is 0.408 e. The molecule has 0 spiro atoms. The van der Waals surface area contributed by atoms with E-state index >= 15 is 0 Å². The van der Waals surface area contributed by atoms with Gasteiger partial charge in [0.2, 0.25) is 17.7 Å². The number of primary amides is 1. The van der Waals surface area contributed by atoms with Crippen LogP contribution in [0.25, 0.3) is 10.9 Å². The number of rotatable bonds is 12. The maximum Gasteiger partial charge on any atom is 0.408 e. The van der Waals surface area contributed by atoms with Crippen LogP contribution in [-0.2, 0) is 33.8 Å². The van der Waals surface area contributed by atoms with Crippen molar-refractivity contribution >= 4 is 69.5 Å². The summed E-state index contributed by atoms with van der Waals surface area (Å²) in [6.45, 7) is 6.99. The highest BCUT2D eigenvalue weighted by atomic mass is 35.5. The highest BCUT2D eigenvalue weighted by Crippen LogP contribution is 2.38. The number of nitrogens with two attached hydrogens (primary N) is 1. The molecule has 4 rings (SSSR count). The lowest BCUT2D eigenvalue weighted by Gasteiger charge is -2.41. The molecule has 1 aliphatic rings. The largest absolute Gasteiger partial charge is 0.465 e. The van der Waals surface area contributed by atoms with Crippen molar-refractivity contribution in [3.63, 3.8) is 0 Å². The van der Waals surface area contributed by atoms with Gasteiger partial charge in [0.15, 0.2) is 0 Å². The first-order chi connectivity index (χ1) is 21.7. The molecule has 1 aromatic heterocycles. The number of nitrogens with one attached hydrogen (secondary N) is 3. The Kier molecular flexibility index (Phi) is 11.2. The van der Waals surface area contributed by atoms with E-state index in [-0.39, 0.29) is 25.3 Å². The molecule has 0 fully saturated rings. The standard InChI is InChI=1S/C33H40Cl3N5O5/c1-5-17(2)26(29(37)42)39-31(44)33(12-11-25-23(15-33)22-13-21(35)14-24(36)27(22)38-25)40-30(43)28(18(3)19(4)34)41(32(45)46)16-20-9-7-6-8-10-20/h6-10,13-14,17-19,26,28,38H,5,11-12,15-16H2,1-4H3,(H2,37,42)(H,39,44)(H,40,43)(H,45,46)/t17-,18?,19?,26-,28?,33+/m0/s1. The average molecular weight is 693 g/mol. The monoisotopic (exact) mass is 691 g/mol. The van der Waals surface area contributed by atoms with Gasteiger partial charge in [-0.25, -0.2) is 4.79 Å². The summed E-state index contributed by atoms with van der Waals surface area (Å²) >= 11 is 19.4. The lowest BCUT2D eigenvalue weighted by atomic mass is 9.78. The molecule has 10 nitrogen and oxygen atoms in total. The first-order valence-corrected chi connectivity index (χ1v) is 16.5. The number of amides is 4. The topological polar surface area (TPSA) is 158 Å². The summed E-state index contributed by atoms with van der Waals surface area (Å²) in [7, 11) is 0. The van der Waals surface area contributed by atoms with Crippen LogP contribution in [0.3, 0.4) is 0 Å². The molecule has 46 heavy (non-hydrogen) atoms. The summed E-state index contributed by atoms with van der Waals surface area (Å²) in [5.41, 5.74) is 7.02. The molecule has 3 aromatic rings. The average Bonchev–Trinajstić information content (AvgIpc) is 3.36. The number of fused-ring (bicyclic) bond motifs is 3. The van der Waals surface area contributed by atoms with Crippen LogP contribution in [0, 0.1) is 11.8 Å². The summed E-state index contributed by atoms with van der Waals surface area (Å²) in [4.78, 5) is 58.3. The molecule has 1 heterocycles. The number of carbonyl (C=O) groups is 4. The Labute approximate surface area is 283 Å². The van der Waals surface area contributed by atoms with Crippen molar-refractivity contribution in [2.45, 2.75) is 82.9 Å². The van der Waals surface area contributed by atoms with Crippen molar-refractivity contribution in [2.75, 3.05) is 0 Å². The van der Waals surface area contributed by atoms with Crippen LogP contribution in [0.15, 0.2) is 42.5 Å². The van der Waals surface area contributed by atoms with E-state index in [1.807, 2.05) is 13.0 Å². The second-order valence-corrected chi connectivity index (χ2v) is 13.8. The maximum atomic E-state index is 14.4. The number of carboxylic acid groups (broad SMARTS) is 1. The Bertz CT molecular complexity index is 1610. The van der Waals surface area contributed by atoms with E-state index in [4.69, 9.17) is 40.5 Å². The molecule has 248 valence electrons. The quantitative estimate of drug-likeness (QED) is 0.155. The zero-order valence-electron chi connectivity index (χ0n) is 26.2. The molecule has 3 unspecified atom stereocenters. The second kappa shape index (κ2) is 14.5. The number of alkyl halides is 1. The SMILES string of the molecule is CC[C@H](C)[C@H](NC(=O)[C@@]1(NC(=O)C(C(C)C(C)Cl)N(Cc2ccccc2)C(=O)O)CCc2[nH]c3c(Cl)cc(Cl)cc3c2C1)C(N)=O. The number of aromatic amines is 1.